The van der Waals surface area contributed by atoms with E-state index in [0.717, 1.165) is 15.4 Å². The van der Waals surface area contributed by atoms with Gasteiger partial charge in [0.25, 0.3) is 11.8 Å². The molecular formula is C21H15BrN4O2. The predicted octanol–water partition coefficient (Wildman–Crippen LogP) is 4.83. The average Bonchev–Trinajstić information content (AvgIpc) is 3.16. The second kappa shape index (κ2) is 7.66. The number of aromatic nitrogens is 2. The van der Waals surface area contributed by atoms with Crippen LogP contribution in [0.1, 0.15) is 20.7 Å². The Hall–Kier alpha value is -3.45. The molecule has 0 fully saturated rings. The maximum atomic E-state index is 12.6. The molecule has 1 heterocycles. The Morgan fingerprint density at radius 2 is 1.54 bits per heavy atom. The van der Waals surface area contributed by atoms with Gasteiger partial charge in [-0.3, -0.25) is 14.7 Å². The number of carbonyl (C=O) groups excluding carboxylic acids is 2. The molecule has 28 heavy (non-hydrogen) atoms. The number of amides is 2. The highest BCUT2D eigenvalue weighted by molar-refractivity contribution is 9.10. The van der Waals surface area contributed by atoms with Gasteiger partial charge in [0, 0.05) is 32.4 Å². The molecule has 7 heteroatoms. The number of hydrogen-bond acceptors (Lipinski definition) is 3. The smallest absolute Gasteiger partial charge is 0.255 e. The molecule has 0 spiro atoms. The Morgan fingerprint density at radius 3 is 2.32 bits per heavy atom. The first-order valence-electron chi connectivity index (χ1n) is 8.50. The third-order valence-electron chi connectivity index (χ3n) is 4.19. The fraction of sp³-hybridized carbons (Fsp3) is 0. The molecule has 4 aromatic rings. The van der Waals surface area contributed by atoms with Gasteiger partial charge in [-0.1, -0.05) is 22.0 Å². The largest absolute Gasteiger partial charge is 0.322 e. The van der Waals surface area contributed by atoms with Crippen molar-refractivity contribution in [3.05, 3.63) is 88.5 Å². The van der Waals surface area contributed by atoms with E-state index in [1.807, 2.05) is 12.1 Å². The Bertz CT molecular complexity index is 1170. The lowest BCUT2D eigenvalue weighted by Crippen LogP contribution is -2.14. The van der Waals surface area contributed by atoms with Crippen molar-refractivity contribution < 1.29 is 9.59 Å². The summed E-state index contributed by atoms with van der Waals surface area (Å²) in [5.74, 6) is -0.502. The fourth-order valence-electron chi connectivity index (χ4n) is 2.77. The number of carbonyl (C=O) groups is 2. The van der Waals surface area contributed by atoms with Gasteiger partial charge in [0.1, 0.15) is 0 Å². The summed E-state index contributed by atoms with van der Waals surface area (Å²) < 4.78 is 0.899. The first kappa shape index (κ1) is 17.9. The van der Waals surface area contributed by atoms with Crippen molar-refractivity contribution in [2.24, 2.45) is 0 Å². The molecule has 0 aliphatic rings. The van der Waals surface area contributed by atoms with Gasteiger partial charge in [-0.05, 0) is 60.7 Å². The van der Waals surface area contributed by atoms with Crippen molar-refractivity contribution in [1.29, 1.82) is 0 Å². The Labute approximate surface area is 169 Å². The van der Waals surface area contributed by atoms with E-state index in [1.54, 1.807) is 60.8 Å². The number of anilines is 2. The maximum Gasteiger partial charge on any atom is 0.255 e. The van der Waals surface area contributed by atoms with E-state index in [0.29, 0.717) is 22.5 Å². The fourth-order valence-corrected chi connectivity index (χ4v) is 3.03. The summed E-state index contributed by atoms with van der Waals surface area (Å²) >= 11 is 3.34. The number of halogens is 1. The number of fused-ring (bicyclic) bond motifs is 1. The highest BCUT2D eigenvalue weighted by atomic mass is 79.9. The predicted molar refractivity (Wildman–Crippen MR) is 113 cm³/mol. The summed E-state index contributed by atoms with van der Waals surface area (Å²) in [5.41, 5.74) is 3.09. The summed E-state index contributed by atoms with van der Waals surface area (Å²) in [5, 5.41) is 13.4. The lowest BCUT2D eigenvalue weighted by atomic mass is 10.1. The molecule has 0 atom stereocenters. The van der Waals surface area contributed by atoms with E-state index >= 15 is 0 Å². The molecule has 0 unspecified atom stereocenters. The number of H-pyrrole nitrogens is 1. The first-order chi connectivity index (χ1) is 13.6. The van der Waals surface area contributed by atoms with Gasteiger partial charge in [0.15, 0.2) is 0 Å². The van der Waals surface area contributed by atoms with Crippen molar-refractivity contribution in [1.82, 2.24) is 10.2 Å². The third-order valence-corrected chi connectivity index (χ3v) is 4.72. The highest BCUT2D eigenvalue weighted by Gasteiger charge is 2.10. The van der Waals surface area contributed by atoms with Crippen molar-refractivity contribution >= 4 is 50.0 Å². The lowest BCUT2D eigenvalue weighted by molar-refractivity contribution is 0.101. The SMILES string of the molecule is O=C(Nc1cccc(C(=O)Nc2ccc3[nH]ncc3c2)c1)c1ccc(Br)cc1. The van der Waals surface area contributed by atoms with Crippen LogP contribution in [-0.4, -0.2) is 22.0 Å². The van der Waals surface area contributed by atoms with Crippen LogP contribution in [0.25, 0.3) is 10.9 Å². The van der Waals surface area contributed by atoms with Gasteiger partial charge >= 0.3 is 0 Å². The third kappa shape index (κ3) is 3.94. The number of nitrogens with one attached hydrogen (secondary N) is 3. The van der Waals surface area contributed by atoms with Gasteiger partial charge < -0.3 is 10.6 Å². The number of benzene rings is 3. The molecule has 0 radical (unpaired) electrons. The van der Waals surface area contributed by atoms with Gasteiger partial charge in [0.05, 0.1) is 11.7 Å². The number of nitrogens with zero attached hydrogens (tertiary/aromatic N) is 1. The summed E-state index contributed by atoms with van der Waals surface area (Å²) in [6.07, 6.45) is 1.70. The average molecular weight is 435 g/mol. The van der Waals surface area contributed by atoms with Crippen LogP contribution in [0, 0.1) is 0 Å². The summed E-state index contributed by atoms with van der Waals surface area (Å²) in [4.78, 5) is 24.9. The molecule has 138 valence electrons. The molecular weight excluding hydrogens is 420 g/mol. The van der Waals surface area contributed by atoms with E-state index in [-0.39, 0.29) is 11.8 Å². The summed E-state index contributed by atoms with van der Waals surface area (Å²) in [6.45, 7) is 0. The topological polar surface area (TPSA) is 86.9 Å². The zero-order valence-corrected chi connectivity index (χ0v) is 16.2. The van der Waals surface area contributed by atoms with Crippen molar-refractivity contribution in [2.45, 2.75) is 0 Å². The zero-order valence-electron chi connectivity index (χ0n) is 14.6. The Balaban J connectivity index is 1.48. The van der Waals surface area contributed by atoms with Crippen LogP contribution >= 0.6 is 15.9 Å². The zero-order chi connectivity index (χ0) is 19.5. The highest BCUT2D eigenvalue weighted by Crippen LogP contribution is 2.19. The molecule has 4 rings (SSSR count). The normalized spacial score (nSPS) is 10.6. The standard InChI is InChI=1S/C21H15BrN4O2/c22-16-6-4-13(5-7-16)20(27)24-17-3-1-2-14(10-17)21(28)25-18-8-9-19-15(11-18)12-23-26-19/h1-12H,(H,23,26)(H,24,27)(H,25,28). The second-order valence-corrected chi connectivity index (χ2v) is 7.08. The van der Waals surface area contributed by atoms with Gasteiger partial charge in [-0.15, -0.1) is 0 Å². The Kier molecular flexibility index (Phi) is 4.90. The molecule has 0 aliphatic carbocycles. The minimum absolute atomic E-state index is 0.240. The van der Waals surface area contributed by atoms with E-state index < -0.39 is 0 Å². The van der Waals surface area contributed by atoms with Crippen molar-refractivity contribution in [3.63, 3.8) is 0 Å². The lowest BCUT2D eigenvalue weighted by Gasteiger charge is -2.09. The van der Waals surface area contributed by atoms with Gasteiger partial charge in [-0.25, -0.2) is 0 Å². The molecule has 0 aliphatic heterocycles. The van der Waals surface area contributed by atoms with Gasteiger partial charge in [0.2, 0.25) is 0 Å². The number of rotatable bonds is 4. The molecule has 0 saturated heterocycles. The number of aromatic amines is 1. The molecule has 1 aromatic heterocycles. The minimum atomic E-state index is -0.261. The van der Waals surface area contributed by atoms with Crippen LogP contribution in [0.4, 0.5) is 11.4 Å². The monoisotopic (exact) mass is 434 g/mol. The molecule has 0 bridgehead atoms. The van der Waals surface area contributed by atoms with E-state index in [1.165, 1.54) is 0 Å². The van der Waals surface area contributed by atoms with Gasteiger partial charge in [-0.2, -0.15) is 5.10 Å². The molecule has 3 aromatic carbocycles. The molecule has 6 nitrogen and oxygen atoms in total. The summed E-state index contributed by atoms with van der Waals surface area (Å²) in [7, 11) is 0. The van der Waals surface area contributed by atoms with E-state index in [4.69, 9.17) is 0 Å². The van der Waals surface area contributed by atoms with Crippen LogP contribution in [0.2, 0.25) is 0 Å². The van der Waals surface area contributed by atoms with Crippen LogP contribution in [0.5, 0.6) is 0 Å². The first-order valence-corrected chi connectivity index (χ1v) is 9.29. The van der Waals surface area contributed by atoms with Crippen LogP contribution in [0.3, 0.4) is 0 Å². The van der Waals surface area contributed by atoms with E-state index in [9.17, 15) is 9.59 Å². The van der Waals surface area contributed by atoms with Crippen LogP contribution < -0.4 is 10.6 Å². The second-order valence-electron chi connectivity index (χ2n) is 6.17. The maximum absolute atomic E-state index is 12.6. The molecule has 3 N–H and O–H groups in total. The molecule has 0 saturated carbocycles. The van der Waals surface area contributed by atoms with Crippen LogP contribution in [0.15, 0.2) is 77.4 Å². The van der Waals surface area contributed by atoms with Crippen molar-refractivity contribution in [3.8, 4) is 0 Å². The minimum Gasteiger partial charge on any atom is -0.322 e. The van der Waals surface area contributed by atoms with Crippen molar-refractivity contribution in [2.75, 3.05) is 10.6 Å². The molecule has 2 amide bonds. The number of hydrogen-bond donors (Lipinski definition) is 3. The van der Waals surface area contributed by atoms with E-state index in [2.05, 4.69) is 36.8 Å². The Morgan fingerprint density at radius 1 is 0.821 bits per heavy atom. The summed E-state index contributed by atoms with van der Waals surface area (Å²) in [6, 6.07) is 19.4. The van der Waals surface area contributed by atoms with Crippen LogP contribution in [-0.2, 0) is 0 Å². The quantitative estimate of drug-likeness (QED) is 0.429.